The Hall–Kier alpha value is -3.43. The van der Waals surface area contributed by atoms with Crippen molar-refractivity contribution in [1.29, 1.82) is 0 Å². The summed E-state index contributed by atoms with van der Waals surface area (Å²) in [6.07, 6.45) is -0.811. The van der Waals surface area contributed by atoms with Crippen molar-refractivity contribution in [3.05, 3.63) is 99.3 Å². The fourth-order valence-corrected chi connectivity index (χ4v) is 4.65. The van der Waals surface area contributed by atoms with E-state index in [2.05, 4.69) is 10.2 Å². The van der Waals surface area contributed by atoms with Crippen LogP contribution in [0.4, 0.5) is 0 Å². The molecule has 0 bridgehead atoms. The second kappa shape index (κ2) is 11.3. The van der Waals surface area contributed by atoms with Gasteiger partial charge in [0.25, 0.3) is 0 Å². The molecular weight excluding hydrogens is 533 g/mol. The number of fused-ring (bicyclic) bond motifs is 1. The Morgan fingerprint density at radius 2 is 1.59 bits per heavy atom. The molecule has 1 N–H and O–H groups in total. The van der Waals surface area contributed by atoms with Crippen LogP contribution < -0.4 is 10.4 Å². The summed E-state index contributed by atoms with van der Waals surface area (Å²) in [5, 5.41) is 21.5. The fraction of sp³-hybridized carbons (Fsp3) is 0.111. The van der Waals surface area contributed by atoms with E-state index in [1.165, 1.54) is 17.8 Å². The van der Waals surface area contributed by atoms with E-state index < -0.39 is 11.7 Å². The number of rotatable bonds is 8. The molecule has 7 nitrogen and oxygen atoms in total. The van der Waals surface area contributed by atoms with Crippen molar-refractivity contribution in [2.24, 2.45) is 0 Å². The lowest BCUT2D eigenvalue weighted by Crippen LogP contribution is -2.20. The molecule has 1 unspecified atom stereocenters. The van der Waals surface area contributed by atoms with Gasteiger partial charge in [0.15, 0.2) is 0 Å². The molecular formula is C27H19Cl2N3O4S. The molecule has 0 saturated heterocycles. The molecule has 0 aliphatic heterocycles. The number of thioether (sulfide) groups is 1. The molecule has 10 heteroatoms. The topological polar surface area (TPSA) is 98.3 Å². The van der Waals surface area contributed by atoms with Gasteiger partial charge in [-0.05, 0) is 42.5 Å². The summed E-state index contributed by atoms with van der Waals surface area (Å²) >= 11 is 13.7. The van der Waals surface area contributed by atoms with Gasteiger partial charge in [0.05, 0.1) is 6.10 Å². The summed E-state index contributed by atoms with van der Waals surface area (Å²) in [7, 11) is 0. The Morgan fingerprint density at radius 3 is 2.32 bits per heavy atom. The van der Waals surface area contributed by atoms with Gasteiger partial charge in [-0.3, -0.25) is 0 Å². The van der Waals surface area contributed by atoms with Crippen LogP contribution in [0.5, 0.6) is 5.75 Å². The highest BCUT2D eigenvalue weighted by Gasteiger charge is 2.16. The molecule has 0 saturated carbocycles. The summed E-state index contributed by atoms with van der Waals surface area (Å²) in [6, 6.07) is 22.8. The van der Waals surface area contributed by atoms with E-state index in [9.17, 15) is 9.90 Å². The zero-order valence-electron chi connectivity index (χ0n) is 19.2. The van der Waals surface area contributed by atoms with Gasteiger partial charge in [0, 0.05) is 44.4 Å². The van der Waals surface area contributed by atoms with Gasteiger partial charge in [0.1, 0.15) is 29.3 Å². The third-order valence-corrected chi connectivity index (χ3v) is 6.76. The second-order valence-electron chi connectivity index (χ2n) is 8.04. The van der Waals surface area contributed by atoms with Crippen LogP contribution in [0.15, 0.2) is 93.2 Å². The molecule has 37 heavy (non-hydrogen) atoms. The number of hydrogen-bond acceptors (Lipinski definition) is 8. The summed E-state index contributed by atoms with van der Waals surface area (Å²) in [6.45, 7) is 0.0325. The fourth-order valence-electron chi connectivity index (χ4n) is 3.58. The lowest BCUT2D eigenvalue weighted by Gasteiger charge is -2.13. The zero-order chi connectivity index (χ0) is 25.8. The van der Waals surface area contributed by atoms with Crippen LogP contribution in [0.3, 0.4) is 0 Å². The quantitative estimate of drug-likeness (QED) is 0.181. The van der Waals surface area contributed by atoms with Crippen LogP contribution in [-0.4, -0.2) is 38.8 Å². The van der Waals surface area contributed by atoms with Gasteiger partial charge in [-0.25, -0.2) is 9.78 Å². The Bertz CT molecular complexity index is 1630. The maximum Gasteiger partial charge on any atom is 0.336 e. The molecule has 1 atom stereocenters. The van der Waals surface area contributed by atoms with Gasteiger partial charge in [-0.1, -0.05) is 59.2 Å². The third-order valence-electron chi connectivity index (χ3n) is 5.31. The maximum atomic E-state index is 11.4. The minimum absolute atomic E-state index is 0.0325. The van der Waals surface area contributed by atoms with Crippen molar-refractivity contribution in [3.63, 3.8) is 0 Å². The Labute approximate surface area is 226 Å². The second-order valence-corrected chi connectivity index (χ2v) is 9.90. The van der Waals surface area contributed by atoms with E-state index in [1.54, 1.807) is 42.5 Å². The molecule has 0 radical (unpaired) electrons. The average Bonchev–Trinajstić information content (AvgIpc) is 2.90. The normalized spacial score (nSPS) is 12.0. The lowest BCUT2D eigenvalue weighted by atomic mass is 10.0. The first-order valence-electron chi connectivity index (χ1n) is 11.2. The van der Waals surface area contributed by atoms with E-state index in [0.717, 1.165) is 16.5 Å². The Balaban J connectivity index is 1.30. The van der Waals surface area contributed by atoms with Gasteiger partial charge in [0.2, 0.25) is 5.16 Å². The summed E-state index contributed by atoms with van der Waals surface area (Å²) in [5.41, 5.74) is 2.71. The Morgan fingerprint density at radius 1 is 0.892 bits per heavy atom. The van der Waals surface area contributed by atoms with E-state index in [1.807, 2.05) is 30.3 Å². The number of hydrogen-bond donors (Lipinski definition) is 1. The van der Waals surface area contributed by atoms with Crippen LogP contribution in [-0.2, 0) is 0 Å². The van der Waals surface area contributed by atoms with E-state index in [-0.39, 0.29) is 12.4 Å². The minimum Gasteiger partial charge on any atom is -0.491 e. The molecule has 0 spiro atoms. The van der Waals surface area contributed by atoms with Crippen LogP contribution >= 0.6 is 35.0 Å². The highest BCUT2D eigenvalue weighted by molar-refractivity contribution is 7.99. The highest BCUT2D eigenvalue weighted by Crippen LogP contribution is 2.32. The lowest BCUT2D eigenvalue weighted by molar-refractivity contribution is 0.126. The number of ether oxygens (including phenoxy) is 1. The maximum absolute atomic E-state index is 11.4. The summed E-state index contributed by atoms with van der Waals surface area (Å²) < 4.78 is 10.9. The molecule has 5 rings (SSSR count). The SMILES string of the molecule is O=c1ccc2ccc(OCC(O)CSc3nnc(-c4cccc(Cl)c4)c(-c4cccc(Cl)c4)n3)cc2o1. The van der Waals surface area contributed by atoms with Gasteiger partial charge in [-0.2, -0.15) is 0 Å². The molecule has 0 aliphatic carbocycles. The molecule has 0 fully saturated rings. The van der Waals surface area contributed by atoms with Crippen LogP contribution in [0.2, 0.25) is 10.0 Å². The molecule has 2 heterocycles. The first-order chi connectivity index (χ1) is 17.9. The first-order valence-corrected chi connectivity index (χ1v) is 12.9. The number of aromatic nitrogens is 3. The molecule has 2 aromatic heterocycles. The van der Waals surface area contributed by atoms with Crippen molar-refractivity contribution in [2.45, 2.75) is 11.3 Å². The van der Waals surface area contributed by atoms with Gasteiger partial charge < -0.3 is 14.3 Å². The highest BCUT2D eigenvalue weighted by atomic mass is 35.5. The van der Waals surface area contributed by atoms with Gasteiger partial charge >= 0.3 is 5.63 Å². The predicted molar refractivity (Wildman–Crippen MR) is 145 cm³/mol. The van der Waals surface area contributed by atoms with Crippen molar-refractivity contribution in [2.75, 3.05) is 12.4 Å². The van der Waals surface area contributed by atoms with Crippen LogP contribution in [0.1, 0.15) is 0 Å². The number of aliphatic hydroxyl groups excluding tert-OH is 1. The summed E-state index contributed by atoms with van der Waals surface area (Å²) in [4.78, 5) is 16.2. The third kappa shape index (κ3) is 6.29. The van der Waals surface area contributed by atoms with Gasteiger partial charge in [-0.15, -0.1) is 10.2 Å². The number of halogens is 2. The van der Waals surface area contributed by atoms with Crippen molar-refractivity contribution >= 4 is 45.9 Å². The smallest absolute Gasteiger partial charge is 0.336 e. The van der Waals surface area contributed by atoms with Crippen LogP contribution in [0.25, 0.3) is 33.5 Å². The molecule has 0 aliphatic rings. The van der Waals surface area contributed by atoms with E-state index in [4.69, 9.17) is 37.3 Å². The predicted octanol–water partition coefficient (Wildman–Crippen LogP) is 6.15. The average molecular weight is 552 g/mol. The van der Waals surface area contributed by atoms with Crippen LogP contribution in [0, 0.1) is 0 Å². The van der Waals surface area contributed by atoms with E-state index in [0.29, 0.717) is 37.9 Å². The first kappa shape index (κ1) is 25.2. The zero-order valence-corrected chi connectivity index (χ0v) is 21.5. The monoisotopic (exact) mass is 551 g/mol. The van der Waals surface area contributed by atoms with Crippen molar-refractivity contribution < 1.29 is 14.3 Å². The van der Waals surface area contributed by atoms with Crippen molar-refractivity contribution in [3.8, 4) is 28.3 Å². The number of aliphatic hydroxyl groups is 1. The number of nitrogens with zero attached hydrogens (tertiary/aromatic N) is 3. The standard InChI is InChI=1S/C27H19Cl2N3O4S/c28-19-5-1-3-17(11-19)25-26(18-4-2-6-20(29)12-18)31-32-27(30-25)37-15-21(33)14-35-22-9-7-16-8-10-24(34)36-23(16)13-22/h1-13,21,33H,14-15H2. The minimum atomic E-state index is -0.811. The largest absolute Gasteiger partial charge is 0.491 e. The van der Waals surface area contributed by atoms with Crippen molar-refractivity contribution in [1.82, 2.24) is 15.2 Å². The Kier molecular flexibility index (Phi) is 7.71. The summed E-state index contributed by atoms with van der Waals surface area (Å²) in [5.74, 6) is 0.758. The molecule has 5 aromatic rings. The molecule has 186 valence electrons. The van der Waals surface area contributed by atoms with E-state index >= 15 is 0 Å². The number of benzene rings is 3. The molecule has 0 amide bonds. The molecule has 3 aromatic carbocycles.